The van der Waals surface area contributed by atoms with Gasteiger partial charge in [0.2, 0.25) is 21.8 Å². The normalized spacial score (nSPS) is 12.5. The zero-order valence-electron chi connectivity index (χ0n) is 22.2. The SMILES string of the molecule is COc1ccc(N(CCCC(=O)N(CCc2ccccc2)[C@@H](C)C(=O)NC(C)(C)C)S(C)(=O)=O)cc1. The van der Waals surface area contributed by atoms with Gasteiger partial charge in [-0.15, -0.1) is 0 Å². The highest BCUT2D eigenvalue weighted by molar-refractivity contribution is 7.92. The Balaban J connectivity index is 2.12. The van der Waals surface area contributed by atoms with Gasteiger partial charge >= 0.3 is 0 Å². The first-order chi connectivity index (χ1) is 16.8. The van der Waals surface area contributed by atoms with Crippen LogP contribution in [0.5, 0.6) is 5.75 Å². The number of hydrogen-bond acceptors (Lipinski definition) is 5. The molecule has 198 valence electrons. The number of amides is 2. The van der Waals surface area contributed by atoms with Gasteiger partial charge in [-0.2, -0.15) is 0 Å². The Hall–Kier alpha value is -3.07. The largest absolute Gasteiger partial charge is 0.497 e. The van der Waals surface area contributed by atoms with E-state index in [1.54, 1.807) is 43.2 Å². The van der Waals surface area contributed by atoms with Crippen molar-refractivity contribution in [2.45, 2.75) is 58.5 Å². The summed E-state index contributed by atoms with van der Waals surface area (Å²) in [6.07, 6.45) is 2.18. The van der Waals surface area contributed by atoms with E-state index in [0.717, 1.165) is 11.8 Å². The summed E-state index contributed by atoms with van der Waals surface area (Å²) < 4.78 is 31.3. The summed E-state index contributed by atoms with van der Waals surface area (Å²) in [7, 11) is -2.01. The molecule has 0 aliphatic rings. The number of anilines is 1. The van der Waals surface area contributed by atoms with Gasteiger partial charge < -0.3 is 15.0 Å². The molecule has 0 bridgehead atoms. The highest BCUT2D eigenvalue weighted by atomic mass is 32.2. The Kier molecular flexibility index (Phi) is 10.3. The monoisotopic (exact) mass is 517 g/mol. The Morgan fingerprint density at radius 2 is 1.61 bits per heavy atom. The second kappa shape index (κ2) is 12.8. The Bertz CT molecular complexity index is 1100. The lowest BCUT2D eigenvalue weighted by Crippen LogP contribution is -2.53. The van der Waals surface area contributed by atoms with Crippen LogP contribution in [0.4, 0.5) is 5.69 Å². The molecule has 0 aliphatic heterocycles. The van der Waals surface area contributed by atoms with Gasteiger partial charge in [-0.3, -0.25) is 13.9 Å². The van der Waals surface area contributed by atoms with E-state index >= 15 is 0 Å². The molecule has 36 heavy (non-hydrogen) atoms. The van der Waals surface area contributed by atoms with Crippen molar-refractivity contribution in [3.8, 4) is 5.75 Å². The van der Waals surface area contributed by atoms with Crippen molar-refractivity contribution in [2.24, 2.45) is 0 Å². The van der Waals surface area contributed by atoms with Crippen molar-refractivity contribution < 1.29 is 22.7 Å². The summed E-state index contributed by atoms with van der Waals surface area (Å²) in [6.45, 7) is 7.94. The van der Waals surface area contributed by atoms with Crippen molar-refractivity contribution in [2.75, 3.05) is 30.8 Å². The maximum atomic E-state index is 13.3. The molecule has 1 N–H and O–H groups in total. The third kappa shape index (κ3) is 9.18. The van der Waals surface area contributed by atoms with Crippen molar-refractivity contribution in [3.63, 3.8) is 0 Å². The van der Waals surface area contributed by atoms with Gasteiger partial charge in [0.1, 0.15) is 11.8 Å². The van der Waals surface area contributed by atoms with Crippen LogP contribution in [-0.4, -0.2) is 63.2 Å². The van der Waals surface area contributed by atoms with Crippen LogP contribution in [0.3, 0.4) is 0 Å². The van der Waals surface area contributed by atoms with Gasteiger partial charge in [0, 0.05) is 25.0 Å². The van der Waals surface area contributed by atoms with Gasteiger partial charge in [0.25, 0.3) is 0 Å². The molecule has 2 aromatic carbocycles. The standard InChI is InChI=1S/C27H39N3O5S/c1-21(26(32)28-27(2,3)4)29(20-18-22-11-8-7-9-12-22)25(31)13-10-19-30(36(6,33)34)23-14-16-24(35-5)17-15-23/h7-9,11-12,14-17,21H,10,13,18-20H2,1-6H3,(H,28,32)/t21-/m0/s1. The predicted molar refractivity (Wildman–Crippen MR) is 144 cm³/mol. The van der Waals surface area contributed by atoms with E-state index in [1.165, 1.54) is 4.31 Å². The summed E-state index contributed by atoms with van der Waals surface area (Å²) in [5.74, 6) is 0.213. The van der Waals surface area contributed by atoms with Crippen LogP contribution >= 0.6 is 0 Å². The Morgan fingerprint density at radius 3 is 2.14 bits per heavy atom. The van der Waals surface area contributed by atoms with Crippen LogP contribution in [0, 0.1) is 0 Å². The van der Waals surface area contributed by atoms with Crippen LogP contribution in [0.1, 0.15) is 46.1 Å². The fraction of sp³-hybridized carbons (Fsp3) is 0.481. The number of ether oxygens (including phenoxy) is 1. The molecule has 0 saturated carbocycles. The van der Waals surface area contributed by atoms with E-state index in [9.17, 15) is 18.0 Å². The smallest absolute Gasteiger partial charge is 0.242 e. The molecule has 0 saturated heterocycles. The van der Waals surface area contributed by atoms with Crippen molar-refractivity contribution in [1.82, 2.24) is 10.2 Å². The van der Waals surface area contributed by atoms with E-state index in [1.807, 2.05) is 51.1 Å². The van der Waals surface area contributed by atoms with Gasteiger partial charge in [0.05, 0.1) is 19.1 Å². The first kappa shape index (κ1) is 29.2. The summed E-state index contributed by atoms with van der Waals surface area (Å²) in [6, 6.07) is 15.9. The van der Waals surface area contributed by atoms with E-state index in [0.29, 0.717) is 30.8 Å². The molecule has 0 aliphatic carbocycles. The van der Waals surface area contributed by atoms with Crippen molar-refractivity contribution >= 4 is 27.5 Å². The number of hydrogen-bond donors (Lipinski definition) is 1. The number of methoxy groups -OCH3 is 1. The van der Waals surface area contributed by atoms with Gasteiger partial charge in [-0.1, -0.05) is 30.3 Å². The molecule has 2 aromatic rings. The lowest BCUT2D eigenvalue weighted by Gasteiger charge is -2.32. The molecule has 9 heteroatoms. The Labute approximate surface area is 215 Å². The van der Waals surface area contributed by atoms with Crippen LogP contribution in [-0.2, 0) is 26.0 Å². The molecule has 8 nitrogen and oxygen atoms in total. The van der Waals surface area contributed by atoms with E-state index in [-0.39, 0.29) is 24.8 Å². The minimum absolute atomic E-state index is 0.115. The van der Waals surface area contributed by atoms with Crippen molar-refractivity contribution in [1.29, 1.82) is 0 Å². The maximum absolute atomic E-state index is 13.3. The summed E-state index contributed by atoms with van der Waals surface area (Å²) >= 11 is 0. The second-order valence-corrected chi connectivity index (χ2v) is 11.8. The second-order valence-electron chi connectivity index (χ2n) is 9.87. The van der Waals surface area contributed by atoms with Gasteiger partial charge in [0.15, 0.2) is 0 Å². The number of nitrogens with one attached hydrogen (secondary N) is 1. The molecular formula is C27H39N3O5S. The molecule has 0 unspecified atom stereocenters. The Morgan fingerprint density at radius 1 is 1.00 bits per heavy atom. The molecule has 0 aromatic heterocycles. The summed E-state index contributed by atoms with van der Waals surface area (Å²) in [5, 5.41) is 2.95. The lowest BCUT2D eigenvalue weighted by atomic mass is 10.1. The highest BCUT2D eigenvalue weighted by Crippen LogP contribution is 2.22. The zero-order chi connectivity index (χ0) is 26.9. The van der Waals surface area contributed by atoms with Crippen LogP contribution < -0.4 is 14.4 Å². The maximum Gasteiger partial charge on any atom is 0.242 e. The molecule has 2 amide bonds. The van der Waals surface area contributed by atoms with E-state index < -0.39 is 21.6 Å². The summed E-state index contributed by atoms with van der Waals surface area (Å²) in [4.78, 5) is 27.7. The van der Waals surface area contributed by atoms with E-state index in [4.69, 9.17) is 4.74 Å². The molecule has 0 spiro atoms. The first-order valence-corrected chi connectivity index (χ1v) is 13.9. The van der Waals surface area contributed by atoms with Gasteiger partial charge in [-0.25, -0.2) is 8.42 Å². The van der Waals surface area contributed by atoms with Crippen LogP contribution in [0.15, 0.2) is 54.6 Å². The number of benzene rings is 2. The molecule has 0 radical (unpaired) electrons. The third-order valence-corrected chi connectivity index (χ3v) is 6.86. The fourth-order valence-corrected chi connectivity index (χ4v) is 4.76. The molecule has 1 atom stereocenters. The van der Waals surface area contributed by atoms with Crippen LogP contribution in [0.2, 0.25) is 0 Å². The molecule has 0 fully saturated rings. The quantitative estimate of drug-likeness (QED) is 0.464. The lowest BCUT2D eigenvalue weighted by molar-refractivity contribution is -0.140. The minimum Gasteiger partial charge on any atom is -0.497 e. The van der Waals surface area contributed by atoms with Crippen LogP contribution in [0.25, 0.3) is 0 Å². The first-order valence-electron chi connectivity index (χ1n) is 12.1. The predicted octanol–water partition coefficient (Wildman–Crippen LogP) is 3.62. The minimum atomic E-state index is -3.55. The molecule has 2 rings (SSSR count). The molecule has 0 heterocycles. The molecular weight excluding hydrogens is 478 g/mol. The zero-order valence-corrected chi connectivity index (χ0v) is 23.0. The fourth-order valence-electron chi connectivity index (χ4n) is 3.80. The number of carbonyl (C=O) groups is 2. The van der Waals surface area contributed by atoms with E-state index in [2.05, 4.69) is 5.32 Å². The number of sulfonamides is 1. The average molecular weight is 518 g/mol. The summed E-state index contributed by atoms with van der Waals surface area (Å²) in [5.41, 5.74) is 1.15. The highest BCUT2D eigenvalue weighted by Gasteiger charge is 2.28. The average Bonchev–Trinajstić information content (AvgIpc) is 2.80. The third-order valence-electron chi connectivity index (χ3n) is 5.66. The van der Waals surface area contributed by atoms with Crippen molar-refractivity contribution in [3.05, 3.63) is 60.2 Å². The number of carbonyl (C=O) groups excluding carboxylic acids is 2. The topological polar surface area (TPSA) is 96.0 Å². The number of nitrogens with zero attached hydrogens (tertiary/aromatic N) is 2. The van der Waals surface area contributed by atoms with Gasteiger partial charge in [-0.05, 0) is 70.4 Å². The number of rotatable bonds is 12.